The molecule has 0 spiro atoms. The van der Waals surface area contributed by atoms with Crippen LogP contribution in [0, 0.1) is 35.5 Å². The third-order valence-electron chi connectivity index (χ3n) is 11.1. The lowest BCUT2D eigenvalue weighted by Crippen LogP contribution is -2.51. The second-order valence-corrected chi connectivity index (χ2v) is 15.7. The fourth-order valence-electron chi connectivity index (χ4n) is 8.06. The number of ether oxygens (including phenoxy) is 2. The number of aromatic nitrogens is 4. The van der Waals surface area contributed by atoms with Crippen LogP contribution in [0.3, 0.4) is 0 Å². The molecule has 2 fully saturated rings. The molecule has 0 saturated carbocycles. The number of alkyl carbamates (subject to hydrolysis) is 2. The van der Waals surface area contributed by atoms with Gasteiger partial charge in [-0.2, -0.15) is 0 Å². The molecule has 2 aromatic heterocycles. The lowest BCUT2D eigenvalue weighted by atomic mass is 9.92. The Bertz CT molecular complexity index is 2190. The highest BCUT2D eigenvalue weighted by Gasteiger charge is 2.39. The number of hydrogen-bond donors (Lipinski definition) is 4. The summed E-state index contributed by atoms with van der Waals surface area (Å²) in [5, 5.41) is 5.40. The average molecular weight is 815 g/mol. The summed E-state index contributed by atoms with van der Waals surface area (Å²) in [6, 6.07) is 10.3. The quantitative estimate of drug-likeness (QED) is 0.118. The topological polar surface area (TPSA) is 175 Å². The molecule has 60 heavy (non-hydrogen) atoms. The zero-order chi connectivity index (χ0) is 43.1. The number of rotatable bonds is 11. The summed E-state index contributed by atoms with van der Waals surface area (Å²) < 4.78 is 9.56. The number of hydrogen-bond acceptors (Lipinski definition) is 8. The van der Waals surface area contributed by atoms with Crippen molar-refractivity contribution in [2.45, 2.75) is 91.4 Å². The molecule has 314 valence electrons. The maximum absolute atomic E-state index is 13.7. The molecule has 4 amide bonds. The van der Waals surface area contributed by atoms with Gasteiger partial charge in [-0.05, 0) is 74.6 Å². The van der Waals surface area contributed by atoms with Crippen LogP contribution in [0.4, 0.5) is 9.59 Å². The Morgan fingerprint density at radius 2 is 1.08 bits per heavy atom. The highest BCUT2D eigenvalue weighted by molar-refractivity contribution is 5.87. The fraction of sp³-hybridized carbons (Fsp3) is 0.435. The monoisotopic (exact) mass is 814 g/mol. The lowest BCUT2D eigenvalue weighted by molar-refractivity contribution is -0.136. The summed E-state index contributed by atoms with van der Waals surface area (Å²) in [6.45, 7) is 12.3. The molecule has 0 radical (unpaired) electrons. The van der Waals surface area contributed by atoms with E-state index in [1.165, 1.54) is 14.2 Å². The second-order valence-electron chi connectivity index (χ2n) is 15.7. The molecule has 4 heterocycles. The van der Waals surface area contributed by atoms with Crippen LogP contribution < -0.4 is 10.6 Å². The van der Waals surface area contributed by atoms with Crippen LogP contribution >= 0.6 is 0 Å². The number of amides is 4. The smallest absolute Gasteiger partial charge is 0.407 e. The van der Waals surface area contributed by atoms with Crippen molar-refractivity contribution < 1.29 is 28.7 Å². The number of aromatic amines is 2. The number of likely N-dealkylation sites (tertiary alicyclic amines) is 2. The largest absolute Gasteiger partial charge is 0.453 e. The minimum absolute atomic E-state index is 0.130. The van der Waals surface area contributed by atoms with Crippen molar-refractivity contribution in [1.82, 2.24) is 40.4 Å². The maximum atomic E-state index is 13.7. The van der Waals surface area contributed by atoms with Crippen LogP contribution in [0.25, 0.3) is 33.6 Å². The third kappa shape index (κ3) is 9.18. The first-order chi connectivity index (χ1) is 28.9. The van der Waals surface area contributed by atoms with E-state index < -0.39 is 24.3 Å². The van der Waals surface area contributed by atoms with Crippen LogP contribution in [0.5, 0.6) is 0 Å². The van der Waals surface area contributed by atoms with Crippen molar-refractivity contribution >= 4 is 24.0 Å². The van der Waals surface area contributed by atoms with E-state index in [0.29, 0.717) is 24.7 Å². The highest BCUT2D eigenvalue weighted by atomic mass is 16.5. The number of methoxy groups -OCH3 is 2. The molecule has 14 nitrogen and oxygen atoms in total. The standard InChI is InChI=1S/C46H54N8O6/c1-9-13-29-23-31(35-25-47-41(49-35)37-15-11-21-53(37)43(55)39(27(3)4)51-45(57)59-7)17-19-33(29)34-20-18-32(24-30(34)14-10-2)36-26-48-42(50-36)38-16-12-22-54(38)44(56)40(28(5)6)52-46(58)60-8/h17-20,23-28,37-40H,11-12,15-16,21-22H2,1-8H3,(H,47,49)(H,48,50)(H,51,57)(H,52,58)/t37-,38-,39-,40-/m0/s1. The normalized spacial score (nSPS) is 17.0. The zero-order valence-corrected chi connectivity index (χ0v) is 35.6. The van der Waals surface area contributed by atoms with E-state index in [1.54, 1.807) is 36.0 Å². The lowest BCUT2D eigenvalue weighted by Gasteiger charge is -2.30. The van der Waals surface area contributed by atoms with Gasteiger partial charge in [0.05, 0.1) is 50.1 Å². The van der Waals surface area contributed by atoms with Gasteiger partial charge in [0.1, 0.15) is 23.7 Å². The minimum Gasteiger partial charge on any atom is -0.453 e. The van der Waals surface area contributed by atoms with E-state index in [0.717, 1.165) is 70.5 Å². The number of imidazole rings is 2. The van der Waals surface area contributed by atoms with Gasteiger partial charge >= 0.3 is 12.2 Å². The molecular weight excluding hydrogens is 761 g/mol. The Morgan fingerprint density at radius 3 is 1.43 bits per heavy atom. The number of nitrogens with zero attached hydrogens (tertiary/aromatic N) is 4. The van der Waals surface area contributed by atoms with Gasteiger partial charge in [0, 0.05) is 35.3 Å². The van der Waals surface area contributed by atoms with Gasteiger partial charge in [-0.15, -0.1) is 11.8 Å². The van der Waals surface area contributed by atoms with Gasteiger partial charge in [0.25, 0.3) is 0 Å². The predicted molar refractivity (Wildman–Crippen MR) is 228 cm³/mol. The molecule has 2 aliphatic rings. The zero-order valence-electron chi connectivity index (χ0n) is 35.6. The van der Waals surface area contributed by atoms with Gasteiger partial charge in [-0.1, -0.05) is 63.8 Å². The number of benzene rings is 2. The van der Waals surface area contributed by atoms with Gasteiger partial charge in [0.2, 0.25) is 11.8 Å². The molecular formula is C46H54N8O6. The number of H-pyrrole nitrogens is 2. The van der Waals surface area contributed by atoms with E-state index in [2.05, 4.69) is 44.3 Å². The minimum atomic E-state index is -0.717. The van der Waals surface area contributed by atoms with E-state index in [9.17, 15) is 19.2 Å². The van der Waals surface area contributed by atoms with Gasteiger partial charge in [-0.25, -0.2) is 19.6 Å². The first-order valence-electron chi connectivity index (χ1n) is 20.4. The van der Waals surface area contributed by atoms with E-state index >= 15 is 0 Å². The molecule has 4 atom stereocenters. The molecule has 14 heteroatoms. The molecule has 2 aliphatic heterocycles. The number of carbonyl (C=O) groups excluding carboxylic acids is 4. The van der Waals surface area contributed by atoms with Crippen molar-refractivity contribution in [2.75, 3.05) is 27.3 Å². The maximum Gasteiger partial charge on any atom is 0.407 e. The Labute approximate surface area is 351 Å². The Kier molecular flexibility index (Phi) is 13.6. The van der Waals surface area contributed by atoms with Crippen molar-refractivity contribution in [3.63, 3.8) is 0 Å². The van der Waals surface area contributed by atoms with Crippen molar-refractivity contribution in [3.8, 4) is 57.3 Å². The number of nitrogens with one attached hydrogen (secondary N) is 4. The Morgan fingerprint density at radius 1 is 0.683 bits per heavy atom. The van der Waals surface area contributed by atoms with Gasteiger partial charge < -0.3 is 39.9 Å². The Balaban J connectivity index is 1.24. The molecule has 4 aromatic rings. The van der Waals surface area contributed by atoms with Crippen LogP contribution in [0.15, 0.2) is 48.8 Å². The third-order valence-corrected chi connectivity index (χ3v) is 11.1. The SMILES string of the molecule is CC#Cc1cc(-c2cnc([C@@H]3CCCN3C(=O)[C@@H](NC(=O)OC)C(C)C)[nH]2)ccc1-c1ccc(-c2cnc([C@@H]3CCCN3C(=O)[C@@H](NC(=O)OC)C(C)C)[nH]2)cc1C#CC. The van der Waals surface area contributed by atoms with Crippen molar-refractivity contribution in [2.24, 2.45) is 11.8 Å². The van der Waals surface area contributed by atoms with E-state index in [-0.39, 0.29) is 35.7 Å². The summed E-state index contributed by atoms with van der Waals surface area (Å²) in [4.78, 5) is 71.4. The van der Waals surface area contributed by atoms with Crippen LogP contribution in [0.1, 0.15) is 102 Å². The summed E-state index contributed by atoms with van der Waals surface area (Å²) in [6.07, 6.45) is 5.42. The van der Waals surface area contributed by atoms with E-state index in [4.69, 9.17) is 19.4 Å². The van der Waals surface area contributed by atoms with Crippen LogP contribution in [-0.4, -0.2) is 93.1 Å². The molecule has 0 aliphatic carbocycles. The second kappa shape index (κ2) is 19.0. The van der Waals surface area contributed by atoms with Gasteiger partial charge in [-0.3, -0.25) is 9.59 Å². The summed E-state index contributed by atoms with van der Waals surface area (Å²) in [5.74, 6) is 13.5. The molecule has 0 bridgehead atoms. The summed E-state index contributed by atoms with van der Waals surface area (Å²) in [5.41, 5.74) is 6.86. The van der Waals surface area contributed by atoms with Crippen LogP contribution in [0.2, 0.25) is 0 Å². The highest BCUT2D eigenvalue weighted by Crippen LogP contribution is 2.37. The molecule has 6 rings (SSSR count). The predicted octanol–water partition coefficient (Wildman–Crippen LogP) is 6.96. The van der Waals surface area contributed by atoms with Crippen LogP contribution in [-0.2, 0) is 19.1 Å². The van der Waals surface area contributed by atoms with Crippen molar-refractivity contribution in [3.05, 3.63) is 71.6 Å². The molecule has 0 unspecified atom stereocenters. The number of carbonyl (C=O) groups is 4. The summed E-state index contributed by atoms with van der Waals surface area (Å²) >= 11 is 0. The fourth-order valence-corrected chi connectivity index (χ4v) is 8.06. The average Bonchev–Trinajstić information content (AvgIpc) is 4.08. The molecule has 2 saturated heterocycles. The molecule has 4 N–H and O–H groups in total. The van der Waals surface area contributed by atoms with Crippen molar-refractivity contribution in [1.29, 1.82) is 0 Å². The van der Waals surface area contributed by atoms with Gasteiger partial charge in [0.15, 0.2) is 0 Å². The summed E-state index contributed by atoms with van der Waals surface area (Å²) in [7, 11) is 2.57. The Hall–Kier alpha value is -6.54. The molecule has 2 aromatic carbocycles. The van der Waals surface area contributed by atoms with E-state index in [1.807, 2.05) is 64.1 Å². The first-order valence-corrected chi connectivity index (χ1v) is 20.4. The first kappa shape index (κ1) is 43.0.